The highest BCUT2D eigenvalue weighted by Gasteiger charge is 2.43. The molecular formula is C20H19F6N3O2. The topological polar surface area (TPSA) is 60.6 Å². The number of fused-ring (bicyclic) bond motifs is 2. The van der Waals surface area contributed by atoms with Crippen LogP contribution >= 0.6 is 0 Å². The maximum absolute atomic E-state index is 12.9. The molecular weight excluding hydrogens is 428 g/mol. The summed E-state index contributed by atoms with van der Waals surface area (Å²) in [6, 6.07) is 5.24. The minimum atomic E-state index is -4.54. The van der Waals surface area contributed by atoms with E-state index in [-0.39, 0.29) is 29.7 Å². The van der Waals surface area contributed by atoms with Crippen LogP contribution < -0.4 is 20.4 Å². The fourth-order valence-electron chi connectivity index (χ4n) is 4.36. The van der Waals surface area contributed by atoms with Gasteiger partial charge in [-0.05, 0) is 43.2 Å². The van der Waals surface area contributed by atoms with Gasteiger partial charge in [0.2, 0.25) is 0 Å². The number of ether oxygens (including phenoxy) is 1. The number of benzene rings is 1. The first-order valence-corrected chi connectivity index (χ1v) is 9.62. The Morgan fingerprint density at radius 1 is 0.871 bits per heavy atom. The molecule has 2 N–H and O–H groups in total. The first-order chi connectivity index (χ1) is 14.6. The molecule has 31 heavy (non-hydrogen) atoms. The number of alkyl halides is 6. The van der Waals surface area contributed by atoms with Crippen LogP contribution in [0.15, 0.2) is 36.5 Å². The number of rotatable bonds is 4. The van der Waals surface area contributed by atoms with Gasteiger partial charge in [-0.2, -0.15) is 32.2 Å². The van der Waals surface area contributed by atoms with Crippen molar-refractivity contribution in [2.24, 2.45) is 5.90 Å². The lowest BCUT2D eigenvalue weighted by atomic mass is 9.99. The Bertz CT molecular complexity index is 918. The van der Waals surface area contributed by atoms with Gasteiger partial charge in [0.25, 0.3) is 0 Å². The van der Waals surface area contributed by atoms with Gasteiger partial charge in [0.05, 0.1) is 11.1 Å². The molecule has 2 aliphatic heterocycles. The summed E-state index contributed by atoms with van der Waals surface area (Å²) >= 11 is 0. The smallest absolute Gasteiger partial charge is 0.417 e. The molecule has 5 nitrogen and oxygen atoms in total. The Morgan fingerprint density at radius 2 is 1.48 bits per heavy atom. The van der Waals surface area contributed by atoms with Crippen molar-refractivity contribution in [1.29, 1.82) is 0 Å². The molecule has 3 heterocycles. The van der Waals surface area contributed by atoms with Crippen molar-refractivity contribution in [3.05, 3.63) is 47.7 Å². The van der Waals surface area contributed by atoms with E-state index in [1.54, 1.807) is 0 Å². The fourth-order valence-corrected chi connectivity index (χ4v) is 4.36. The number of hydrogen-bond acceptors (Lipinski definition) is 5. The Morgan fingerprint density at radius 3 is 2.00 bits per heavy atom. The van der Waals surface area contributed by atoms with Crippen LogP contribution in [0, 0.1) is 0 Å². The number of halogens is 6. The van der Waals surface area contributed by atoms with E-state index in [2.05, 4.69) is 9.82 Å². The van der Waals surface area contributed by atoms with Gasteiger partial charge in [-0.1, -0.05) is 0 Å². The monoisotopic (exact) mass is 447 g/mol. The first-order valence-electron chi connectivity index (χ1n) is 9.62. The Balaban J connectivity index is 1.47. The fraction of sp³-hybridized carbons (Fsp3) is 0.450. The lowest BCUT2D eigenvalue weighted by molar-refractivity contribution is -0.138. The Hall–Kier alpha value is -2.69. The predicted molar refractivity (Wildman–Crippen MR) is 98.4 cm³/mol. The van der Waals surface area contributed by atoms with Crippen molar-refractivity contribution < 1.29 is 35.9 Å². The molecule has 3 atom stereocenters. The van der Waals surface area contributed by atoms with Crippen LogP contribution in [-0.2, 0) is 12.4 Å². The Labute approximate surface area is 173 Å². The number of hydrogen-bond donors (Lipinski definition) is 1. The molecule has 168 valence electrons. The van der Waals surface area contributed by atoms with E-state index in [9.17, 15) is 26.3 Å². The molecule has 2 saturated heterocycles. The molecule has 11 heteroatoms. The molecule has 4 rings (SSSR count). The van der Waals surface area contributed by atoms with Crippen molar-refractivity contribution in [2.45, 2.75) is 56.2 Å². The number of piperidine rings is 1. The van der Waals surface area contributed by atoms with Gasteiger partial charge in [-0.3, -0.25) is 0 Å². The summed E-state index contributed by atoms with van der Waals surface area (Å²) in [4.78, 5) is 10.6. The number of pyridine rings is 1. The average molecular weight is 447 g/mol. The maximum Gasteiger partial charge on any atom is 0.417 e. The van der Waals surface area contributed by atoms with Gasteiger partial charge in [0.1, 0.15) is 11.9 Å². The summed E-state index contributed by atoms with van der Waals surface area (Å²) in [7, 11) is 0. The standard InChI is InChI=1S/C20H19F6N3O2/c21-19(22,23)11-1-5-16(17(7-11)31-27)30-15-8-13-3-4-14(9-15)29(13)18-6-2-12(10-28-18)20(24,25)26/h1-2,5-7,10,13-15H,3-4,8-9,27H2/t13-,14+,15?. The molecule has 2 aliphatic rings. The van der Waals surface area contributed by atoms with Gasteiger partial charge in [-0.15, -0.1) is 0 Å². The lowest BCUT2D eigenvalue weighted by Crippen LogP contribution is -2.46. The molecule has 0 aliphatic carbocycles. The van der Waals surface area contributed by atoms with Crippen LogP contribution in [0.25, 0.3) is 0 Å². The molecule has 0 amide bonds. The normalized spacial score (nSPS) is 23.7. The highest BCUT2D eigenvalue weighted by Crippen LogP contribution is 2.42. The van der Waals surface area contributed by atoms with E-state index in [1.807, 2.05) is 4.90 Å². The van der Waals surface area contributed by atoms with E-state index < -0.39 is 23.5 Å². The highest BCUT2D eigenvalue weighted by molar-refractivity contribution is 5.46. The quantitative estimate of drug-likeness (QED) is 0.531. The summed E-state index contributed by atoms with van der Waals surface area (Å²) in [5, 5.41) is 0. The summed E-state index contributed by atoms with van der Waals surface area (Å²) in [6.07, 6.45) is -5.73. The molecule has 0 radical (unpaired) electrons. The summed E-state index contributed by atoms with van der Waals surface area (Å²) in [5.74, 6) is 5.50. The van der Waals surface area contributed by atoms with E-state index in [1.165, 1.54) is 12.1 Å². The van der Waals surface area contributed by atoms with Crippen molar-refractivity contribution in [2.75, 3.05) is 4.90 Å². The molecule has 0 saturated carbocycles. The van der Waals surface area contributed by atoms with Gasteiger partial charge >= 0.3 is 12.4 Å². The van der Waals surface area contributed by atoms with Crippen molar-refractivity contribution >= 4 is 5.82 Å². The second-order valence-electron chi connectivity index (χ2n) is 7.68. The minimum Gasteiger partial charge on any atom is -0.486 e. The average Bonchev–Trinajstić information content (AvgIpc) is 2.97. The van der Waals surface area contributed by atoms with Crippen LogP contribution in [0.1, 0.15) is 36.8 Å². The predicted octanol–water partition coefficient (Wildman–Crippen LogP) is 4.95. The summed E-state index contributed by atoms with van der Waals surface area (Å²) < 4.78 is 82.9. The summed E-state index contributed by atoms with van der Waals surface area (Å²) in [6.45, 7) is 0. The van der Waals surface area contributed by atoms with Crippen molar-refractivity contribution in [3.63, 3.8) is 0 Å². The van der Waals surface area contributed by atoms with Crippen LogP contribution in [0.2, 0.25) is 0 Å². The number of nitrogens with zero attached hydrogens (tertiary/aromatic N) is 2. The molecule has 1 aromatic carbocycles. The molecule has 2 bridgehead atoms. The van der Waals surface area contributed by atoms with E-state index in [0.717, 1.165) is 37.2 Å². The Kier molecular flexibility index (Phi) is 5.40. The number of aromatic nitrogens is 1. The zero-order valence-electron chi connectivity index (χ0n) is 16.1. The van der Waals surface area contributed by atoms with Gasteiger partial charge in [0, 0.05) is 31.1 Å². The number of anilines is 1. The molecule has 1 aromatic heterocycles. The lowest BCUT2D eigenvalue weighted by Gasteiger charge is -2.39. The molecule has 0 spiro atoms. The minimum absolute atomic E-state index is 0.00433. The van der Waals surface area contributed by atoms with E-state index >= 15 is 0 Å². The SMILES string of the molecule is NOc1cc(C(F)(F)F)ccc1OC1C[C@H]2CC[C@@H](C1)N2c1ccc(C(F)(F)F)cn1. The van der Waals surface area contributed by atoms with Gasteiger partial charge < -0.3 is 14.5 Å². The second-order valence-corrected chi connectivity index (χ2v) is 7.68. The van der Waals surface area contributed by atoms with Crippen LogP contribution in [-0.4, -0.2) is 23.2 Å². The van der Waals surface area contributed by atoms with Crippen molar-refractivity contribution in [1.82, 2.24) is 4.98 Å². The first kappa shape index (κ1) is 21.5. The van der Waals surface area contributed by atoms with E-state index in [0.29, 0.717) is 18.7 Å². The van der Waals surface area contributed by atoms with Crippen LogP contribution in [0.3, 0.4) is 0 Å². The number of nitrogens with two attached hydrogens (primary N) is 1. The van der Waals surface area contributed by atoms with E-state index in [4.69, 9.17) is 10.6 Å². The zero-order chi connectivity index (χ0) is 22.4. The summed E-state index contributed by atoms with van der Waals surface area (Å²) in [5.41, 5.74) is -1.71. The molecule has 2 aromatic rings. The third-order valence-corrected chi connectivity index (χ3v) is 5.72. The third kappa shape index (κ3) is 4.36. The molecule has 1 unspecified atom stereocenters. The highest BCUT2D eigenvalue weighted by atomic mass is 19.4. The van der Waals surface area contributed by atoms with Gasteiger partial charge in [-0.25, -0.2) is 4.98 Å². The third-order valence-electron chi connectivity index (χ3n) is 5.72. The van der Waals surface area contributed by atoms with Gasteiger partial charge in [0.15, 0.2) is 11.5 Å². The van der Waals surface area contributed by atoms with Crippen molar-refractivity contribution in [3.8, 4) is 11.5 Å². The molecule has 2 fully saturated rings. The zero-order valence-corrected chi connectivity index (χ0v) is 16.1. The maximum atomic E-state index is 12.9. The largest absolute Gasteiger partial charge is 0.486 e. The van der Waals surface area contributed by atoms with Crippen LogP contribution in [0.5, 0.6) is 11.5 Å². The second kappa shape index (κ2) is 7.77. The van der Waals surface area contributed by atoms with Crippen LogP contribution in [0.4, 0.5) is 32.2 Å².